The summed E-state index contributed by atoms with van der Waals surface area (Å²) in [5, 5.41) is 0. The van der Waals surface area contributed by atoms with Gasteiger partial charge in [0, 0.05) is 6.04 Å². The lowest BCUT2D eigenvalue weighted by Gasteiger charge is -2.26. The highest BCUT2D eigenvalue weighted by atomic mass is 16.5. The predicted molar refractivity (Wildman–Crippen MR) is 75.2 cm³/mol. The second-order valence-electron chi connectivity index (χ2n) is 4.53. The van der Waals surface area contributed by atoms with E-state index in [0.29, 0.717) is 23.6 Å². The van der Waals surface area contributed by atoms with E-state index in [4.69, 9.17) is 10.5 Å². The van der Waals surface area contributed by atoms with Gasteiger partial charge in [-0.15, -0.1) is 0 Å². The average Bonchev–Trinajstić information content (AvgIpc) is 2.83. The Bertz CT molecular complexity index is 609. The normalized spacial score (nSPS) is 11.0. The van der Waals surface area contributed by atoms with Gasteiger partial charge >= 0.3 is 5.97 Å². The summed E-state index contributed by atoms with van der Waals surface area (Å²) in [7, 11) is 0. The summed E-state index contributed by atoms with van der Waals surface area (Å²) in [6, 6.07) is 0.0419. The van der Waals surface area contributed by atoms with Crippen LogP contribution in [0.2, 0.25) is 0 Å². The zero-order chi connectivity index (χ0) is 14.7. The van der Waals surface area contributed by atoms with Gasteiger partial charge in [0.2, 0.25) is 5.95 Å². The first-order valence-electron chi connectivity index (χ1n) is 6.41. The second-order valence-corrected chi connectivity index (χ2v) is 4.53. The van der Waals surface area contributed by atoms with Crippen LogP contribution in [0.15, 0.2) is 6.33 Å². The third kappa shape index (κ3) is 2.79. The van der Waals surface area contributed by atoms with Gasteiger partial charge in [-0.05, 0) is 20.8 Å². The van der Waals surface area contributed by atoms with Crippen LogP contribution < -0.4 is 10.6 Å². The van der Waals surface area contributed by atoms with Crippen molar-refractivity contribution in [3.63, 3.8) is 0 Å². The van der Waals surface area contributed by atoms with E-state index in [1.54, 1.807) is 11.8 Å². The van der Waals surface area contributed by atoms with Gasteiger partial charge in [-0.1, -0.05) is 0 Å². The molecule has 0 unspecified atom stereocenters. The molecule has 0 fully saturated rings. The van der Waals surface area contributed by atoms with E-state index in [0.717, 1.165) is 0 Å². The third-order valence-corrected chi connectivity index (χ3v) is 2.78. The van der Waals surface area contributed by atoms with Crippen molar-refractivity contribution in [2.75, 3.05) is 23.8 Å². The molecule has 0 aromatic carbocycles. The summed E-state index contributed by atoms with van der Waals surface area (Å²) >= 11 is 0. The quantitative estimate of drug-likeness (QED) is 0.775. The lowest BCUT2D eigenvalue weighted by molar-refractivity contribution is -0.141. The number of nitrogen functional groups attached to an aromatic ring is 1. The van der Waals surface area contributed by atoms with E-state index < -0.39 is 0 Å². The Morgan fingerprint density at radius 3 is 2.90 bits per heavy atom. The molecular weight excluding hydrogens is 260 g/mol. The Labute approximate surface area is 116 Å². The first-order chi connectivity index (χ1) is 9.52. The van der Waals surface area contributed by atoms with E-state index in [-0.39, 0.29) is 24.5 Å². The molecule has 0 radical (unpaired) electrons. The molecule has 0 bridgehead atoms. The Hall–Kier alpha value is -2.38. The summed E-state index contributed by atoms with van der Waals surface area (Å²) in [5.74, 6) is 0.355. The summed E-state index contributed by atoms with van der Waals surface area (Å²) < 4.78 is 4.99. The molecule has 8 heteroatoms. The number of aromatic amines is 1. The molecule has 20 heavy (non-hydrogen) atoms. The molecule has 3 N–H and O–H groups in total. The fourth-order valence-corrected chi connectivity index (χ4v) is 1.89. The molecule has 0 atom stereocenters. The van der Waals surface area contributed by atoms with Crippen molar-refractivity contribution in [3.05, 3.63) is 6.33 Å². The summed E-state index contributed by atoms with van der Waals surface area (Å²) in [4.78, 5) is 28.8. The molecule has 0 spiro atoms. The molecule has 108 valence electrons. The highest BCUT2D eigenvalue weighted by Gasteiger charge is 2.21. The van der Waals surface area contributed by atoms with Crippen molar-refractivity contribution < 1.29 is 9.53 Å². The van der Waals surface area contributed by atoms with Crippen molar-refractivity contribution in [2.24, 2.45) is 0 Å². The SMILES string of the molecule is CCOC(=O)CN(c1nc(N)nc2nc[nH]c12)C(C)C. The minimum atomic E-state index is -0.314. The molecule has 0 amide bonds. The number of fused-ring (bicyclic) bond motifs is 1. The maximum atomic E-state index is 11.7. The fourth-order valence-electron chi connectivity index (χ4n) is 1.89. The van der Waals surface area contributed by atoms with Crippen LogP contribution in [0.25, 0.3) is 11.2 Å². The van der Waals surface area contributed by atoms with Crippen molar-refractivity contribution in [3.8, 4) is 0 Å². The molecule has 2 rings (SSSR count). The van der Waals surface area contributed by atoms with Crippen LogP contribution in [0.5, 0.6) is 0 Å². The maximum Gasteiger partial charge on any atom is 0.325 e. The van der Waals surface area contributed by atoms with Crippen molar-refractivity contribution >= 4 is 28.9 Å². The summed E-state index contributed by atoms with van der Waals surface area (Å²) in [6.07, 6.45) is 1.52. The summed E-state index contributed by atoms with van der Waals surface area (Å²) in [6.45, 7) is 6.12. The molecule has 0 aliphatic rings. The minimum Gasteiger partial charge on any atom is -0.465 e. The van der Waals surface area contributed by atoms with Crippen molar-refractivity contribution in [1.29, 1.82) is 0 Å². The molecule has 2 aromatic rings. The number of carbonyl (C=O) groups is 1. The molecule has 8 nitrogen and oxygen atoms in total. The monoisotopic (exact) mass is 278 g/mol. The second kappa shape index (κ2) is 5.72. The molecule has 0 saturated carbocycles. The maximum absolute atomic E-state index is 11.7. The Morgan fingerprint density at radius 2 is 2.25 bits per heavy atom. The van der Waals surface area contributed by atoms with Crippen LogP contribution in [-0.4, -0.2) is 45.1 Å². The highest BCUT2D eigenvalue weighted by molar-refractivity contribution is 5.86. The number of aromatic nitrogens is 4. The van der Waals surface area contributed by atoms with Gasteiger partial charge in [-0.3, -0.25) is 4.79 Å². The zero-order valence-electron chi connectivity index (χ0n) is 11.8. The van der Waals surface area contributed by atoms with Crippen molar-refractivity contribution in [2.45, 2.75) is 26.8 Å². The molecular formula is C12H18N6O2. The van der Waals surface area contributed by atoms with Gasteiger partial charge in [-0.2, -0.15) is 9.97 Å². The number of nitrogens with one attached hydrogen (secondary N) is 1. The number of nitrogens with zero attached hydrogens (tertiary/aromatic N) is 4. The number of anilines is 2. The predicted octanol–water partition coefficient (Wildman–Crippen LogP) is 0.713. The first-order valence-corrected chi connectivity index (χ1v) is 6.41. The van der Waals surface area contributed by atoms with Gasteiger partial charge in [0.15, 0.2) is 11.5 Å². The van der Waals surface area contributed by atoms with Crippen LogP contribution in [-0.2, 0) is 9.53 Å². The van der Waals surface area contributed by atoms with Gasteiger partial charge in [0.25, 0.3) is 0 Å². The number of hydrogen-bond acceptors (Lipinski definition) is 7. The van der Waals surface area contributed by atoms with Crippen molar-refractivity contribution in [1.82, 2.24) is 19.9 Å². The zero-order valence-corrected chi connectivity index (χ0v) is 11.8. The van der Waals surface area contributed by atoms with Gasteiger partial charge in [0.1, 0.15) is 12.1 Å². The molecule has 0 aliphatic carbocycles. The first kappa shape index (κ1) is 14.0. The molecule has 0 saturated heterocycles. The number of nitrogens with two attached hydrogens (primary N) is 1. The minimum absolute atomic E-state index is 0.0419. The van der Waals surface area contributed by atoms with Crippen LogP contribution in [0.4, 0.5) is 11.8 Å². The lowest BCUT2D eigenvalue weighted by atomic mass is 10.3. The van der Waals surface area contributed by atoms with E-state index >= 15 is 0 Å². The van der Waals surface area contributed by atoms with Crippen LogP contribution in [0.3, 0.4) is 0 Å². The molecule has 2 heterocycles. The Morgan fingerprint density at radius 1 is 1.50 bits per heavy atom. The number of imidazole rings is 1. The lowest BCUT2D eigenvalue weighted by Crippen LogP contribution is -2.37. The smallest absolute Gasteiger partial charge is 0.325 e. The van der Waals surface area contributed by atoms with E-state index in [9.17, 15) is 4.79 Å². The number of esters is 1. The standard InChI is InChI=1S/C12H18N6O2/c1-4-20-8(19)5-18(7(2)3)11-9-10(15-6-14-9)16-12(13)17-11/h6-7H,4-5H2,1-3H3,(H3,13,14,15,16,17). The Balaban J connectivity index is 2.41. The number of carbonyl (C=O) groups excluding carboxylic acids is 1. The Kier molecular flexibility index (Phi) is 4.02. The van der Waals surface area contributed by atoms with E-state index in [1.165, 1.54) is 6.33 Å². The number of hydrogen-bond donors (Lipinski definition) is 2. The van der Waals surface area contributed by atoms with Gasteiger partial charge in [0.05, 0.1) is 12.9 Å². The largest absolute Gasteiger partial charge is 0.465 e. The average molecular weight is 278 g/mol. The number of ether oxygens (including phenoxy) is 1. The van der Waals surface area contributed by atoms with Crippen LogP contribution in [0.1, 0.15) is 20.8 Å². The molecule has 0 aliphatic heterocycles. The van der Waals surface area contributed by atoms with Crippen LogP contribution >= 0.6 is 0 Å². The third-order valence-electron chi connectivity index (χ3n) is 2.78. The van der Waals surface area contributed by atoms with Crippen LogP contribution in [0, 0.1) is 0 Å². The van der Waals surface area contributed by atoms with E-state index in [2.05, 4.69) is 19.9 Å². The van der Waals surface area contributed by atoms with E-state index in [1.807, 2.05) is 13.8 Å². The molecule has 2 aromatic heterocycles. The number of rotatable bonds is 5. The summed E-state index contributed by atoms with van der Waals surface area (Å²) in [5.41, 5.74) is 6.82. The van der Waals surface area contributed by atoms with Gasteiger partial charge in [-0.25, -0.2) is 4.98 Å². The highest BCUT2D eigenvalue weighted by Crippen LogP contribution is 2.23. The topological polar surface area (TPSA) is 110 Å². The fraction of sp³-hybridized carbons (Fsp3) is 0.500. The number of H-pyrrole nitrogens is 1. The van der Waals surface area contributed by atoms with Gasteiger partial charge < -0.3 is 20.4 Å².